The lowest BCUT2D eigenvalue weighted by Gasteiger charge is -2.06. The summed E-state index contributed by atoms with van der Waals surface area (Å²) in [4.78, 5) is 0. The quantitative estimate of drug-likeness (QED) is 0.790. The first-order valence-electron chi connectivity index (χ1n) is 7.00. The summed E-state index contributed by atoms with van der Waals surface area (Å²) in [5.74, 6) is 1.32. The van der Waals surface area contributed by atoms with E-state index < -0.39 is 0 Å². The maximum absolute atomic E-state index is 5.94. The van der Waals surface area contributed by atoms with Crippen LogP contribution in [0.25, 0.3) is 16.9 Å². The predicted molar refractivity (Wildman–Crippen MR) is 81.5 cm³/mol. The van der Waals surface area contributed by atoms with Gasteiger partial charge in [-0.1, -0.05) is 23.7 Å². The van der Waals surface area contributed by atoms with Gasteiger partial charge in [-0.25, -0.2) is 0 Å². The Balaban J connectivity index is 1.80. The molecule has 3 heterocycles. The minimum atomic E-state index is 0.382. The number of hydrogen-bond acceptors (Lipinski definition) is 4. The number of halogens is 1. The van der Waals surface area contributed by atoms with Crippen LogP contribution in [0.4, 0.5) is 0 Å². The molecule has 0 saturated carbocycles. The lowest BCUT2D eigenvalue weighted by atomic mass is 10.1. The largest absolute Gasteiger partial charge is 0.316 e. The van der Waals surface area contributed by atoms with E-state index in [-0.39, 0.29) is 0 Å². The minimum absolute atomic E-state index is 0.382. The Morgan fingerprint density at radius 2 is 1.95 bits per heavy atom. The summed E-state index contributed by atoms with van der Waals surface area (Å²) in [6, 6.07) is 11.6. The third-order valence-electron chi connectivity index (χ3n) is 3.85. The Labute approximate surface area is 127 Å². The van der Waals surface area contributed by atoms with Gasteiger partial charge in [-0.05, 0) is 37.2 Å². The molecular formula is C15H14ClN5. The van der Waals surface area contributed by atoms with Gasteiger partial charge in [0.1, 0.15) is 0 Å². The van der Waals surface area contributed by atoms with Gasteiger partial charge in [0.2, 0.25) is 0 Å². The Bertz CT molecular complexity index is 774. The topological polar surface area (TPSA) is 55.1 Å². The van der Waals surface area contributed by atoms with E-state index >= 15 is 0 Å². The van der Waals surface area contributed by atoms with E-state index in [2.05, 4.69) is 15.5 Å². The van der Waals surface area contributed by atoms with Crippen LogP contribution >= 0.6 is 11.6 Å². The van der Waals surface area contributed by atoms with Crippen LogP contribution in [-0.2, 0) is 0 Å². The molecule has 0 aliphatic carbocycles. The van der Waals surface area contributed by atoms with Gasteiger partial charge in [-0.3, -0.25) is 0 Å². The van der Waals surface area contributed by atoms with Crippen LogP contribution in [0.5, 0.6) is 0 Å². The second-order valence-corrected chi connectivity index (χ2v) is 5.68. The molecule has 0 spiro atoms. The van der Waals surface area contributed by atoms with E-state index in [4.69, 9.17) is 16.7 Å². The molecular weight excluding hydrogens is 286 g/mol. The summed E-state index contributed by atoms with van der Waals surface area (Å²) in [7, 11) is 0. The molecule has 2 aromatic heterocycles. The van der Waals surface area contributed by atoms with Crippen molar-refractivity contribution in [2.75, 3.05) is 13.1 Å². The number of nitrogens with zero attached hydrogens (tertiary/aromatic N) is 4. The molecule has 1 aliphatic heterocycles. The Morgan fingerprint density at radius 3 is 2.71 bits per heavy atom. The normalized spacial score (nSPS) is 18.4. The highest BCUT2D eigenvalue weighted by atomic mass is 35.5. The lowest BCUT2D eigenvalue weighted by molar-refractivity contribution is 0.668. The van der Waals surface area contributed by atoms with Crippen LogP contribution in [0.3, 0.4) is 0 Å². The van der Waals surface area contributed by atoms with E-state index in [1.54, 1.807) is 0 Å². The lowest BCUT2D eigenvalue weighted by Crippen LogP contribution is -2.11. The SMILES string of the molecule is Clc1ccc(-c2ccc3nnc([C@H]4CCNC4)n3n2)cc1. The number of benzene rings is 1. The molecule has 4 rings (SSSR count). The molecule has 1 N–H and O–H groups in total. The fourth-order valence-corrected chi connectivity index (χ4v) is 2.84. The van der Waals surface area contributed by atoms with Crippen molar-refractivity contribution in [2.45, 2.75) is 12.3 Å². The van der Waals surface area contributed by atoms with Gasteiger partial charge >= 0.3 is 0 Å². The molecule has 3 aromatic rings. The van der Waals surface area contributed by atoms with E-state index in [1.807, 2.05) is 40.9 Å². The summed E-state index contributed by atoms with van der Waals surface area (Å²) in [5.41, 5.74) is 2.71. The van der Waals surface area contributed by atoms with Crippen LogP contribution in [0.15, 0.2) is 36.4 Å². The molecule has 0 unspecified atom stereocenters. The smallest absolute Gasteiger partial charge is 0.177 e. The van der Waals surface area contributed by atoms with Gasteiger partial charge in [0.15, 0.2) is 11.5 Å². The van der Waals surface area contributed by atoms with E-state index in [9.17, 15) is 0 Å². The molecule has 21 heavy (non-hydrogen) atoms. The first kappa shape index (κ1) is 12.7. The van der Waals surface area contributed by atoms with Gasteiger partial charge < -0.3 is 5.32 Å². The van der Waals surface area contributed by atoms with Crippen molar-refractivity contribution in [3.05, 3.63) is 47.2 Å². The van der Waals surface area contributed by atoms with Gasteiger partial charge in [-0.15, -0.1) is 10.2 Å². The van der Waals surface area contributed by atoms with Crippen molar-refractivity contribution in [2.24, 2.45) is 0 Å². The first-order chi connectivity index (χ1) is 10.3. The van der Waals surface area contributed by atoms with Gasteiger partial charge in [-0.2, -0.15) is 9.61 Å². The molecule has 0 bridgehead atoms. The summed E-state index contributed by atoms with van der Waals surface area (Å²) in [5, 5.41) is 17.3. The predicted octanol–water partition coefficient (Wildman–Crippen LogP) is 2.52. The second-order valence-electron chi connectivity index (χ2n) is 5.24. The zero-order valence-corrected chi connectivity index (χ0v) is 12.1. The molecule has 1 fully saturated rings. The third-order valence-corrected chi connectivity index (χ3v) is 4.10. The number of nitrogens with one attached hydrogen (secondary N) is 1. The second kappa shape index (κ2) is 5.09. The maximum atomic E-state index is 5.94. The summed E-state index contributed by atoms with van der Waals surface area (Å²) in [6.45, 7) is 1.96. The Morgan fingerprint density at radius 1 is 1.10 bits per heavy atom. The zero-order valence-electron chi connectivity index (χ0n) is 11.3. The summed E-state index contributed by atoms with van der Waals surface area (Å²) in [6.07, 6.45) is 1.08. The van der Waals surface area contributed by atoms with Gasteiger partial charge in [0.05, 0.1) is 5.69 Å². The minimum Gasteiger partial charge on any atom is -0.316 e. The fraction of sp³-hybridized carbons (Fsp3) is 0.267. The molecule has 0 radical (unpaired) electrons. The van der Waals surface area contributed by atoms with Gasteiger partial charge in [0, 0.05) is 23.0 Å². The van der Waals surface area contributed by atoms with Crippen LogP contribution in [0, 0.1) is 0 Å². The van der Waals surface area contributed by atoms with Crippen LogP contribution < -0.4 is 5.32 Å². The molecule has 0 amide bonds. The summed E-state index contributed by atoms with van der Waals surface area (Å²) < 4.78 is 1.86. The van der Waals surface area contributed by atoms with Crippen LogP contribution in [0.1, 0.15) is 18.2 Å². The molecule has 5 nitrogen and oxygen atoms in total. The summed E-state index contributed by atoms with van der Waals surface area (Å²) >= 11 is 5.94. The molecule has 1 atom stereocenters. The fourth-order valence-electron chi connectivity index (χ4n) is 2.71. The van der Waals surface area contributed by atoms with Crippen molar-refractivity contribution < 1.29 is 0 Å². The third kappa shape index (κ3) is 2.28. The van der Waals surface area contributed by atoms with Crippen molar-refractivity contribution >= 4 is 17.2 Å². The van der Waals surface area contributed by atoms with Crippen LogP contribution in [0.2, 0.25) is 5.02 Å². The van der Waals surface area contributed by atoms with Crippen LogP contribution in [-0.4, -0.2) is 32.9 Å². The Hall–Kier alpha value is -1.98. The maximum Gasteiger partial charge on any atom is 0.177 e. The Kier molecular flexibility index (Phi) is 3.09. The van der Waals surface area contributed by atoms with Crippen molar-refractivity contribution in [1.29, 1.82) is 0 Å². The molecule has 1 aromatic carbocycles. The average molecular weight is 300 g/mol. The number of fused-ring (bicyclic) bond motifs is 1. The number of aromatic nitrogens is 4. The highest BCUT2D eigenvalue weighted by Crippen LogP contribution is 2.23. The first-order valence-corrected chi connectivity index (χ1v) is 7.38. The molecule has 6 heteroatoms. The molecule has 106 valence electrons. The van der Waals surface area contributed by atoms with E-state index in [0.717, 1.165) is 47.3 Å². The number of hydrogen-bond donors (Lipinski definition) is 1. The molecule has 1 saturated heterocycles. The average Bonchev–Trinajstić information content (AvgIpc) is 3.16. The molecule has 1 aliphatic rings. The van der Waals surface area contributed by atoms with Crippen molar-refractivity contribution in [3.63, 3.8) is 0 Å². The highest BCUT2D eigenvalue weighted by Gasteiger charge is 2.22. The highest BCUT2D eigenvalue weighted by molar-refractivity contribution is 6.30. The van der Waals surface area contributed by atoms with E-state index in [0.29, 0.717) is 5.92 Å². The number of rotatable bonds is 2. The standard InChI is InChI=1S/C15H14ClN5/c16-12-3-1-10(2-4-12)13-5-6-14-18-19-15(21(14)20-13)11-7-8-17-9-11/h1-6,11,17H,7-9H2/t11-/m0/s1. The van der Waals surface area contributed by atoms with Crippen molar-refractivity contribution in [3.8, 4) is 11.3 Å². The monoisotopic (exact) mass is 299 g/mol. The van der Waals surface area contributed by atoms with Crippen molar-refractivity contribution in [1.82, 2.24) is 25.1 Å². The zero-order chi connectivity index (χ0) is 14.2. The van der Waals surface area contributed by atoms with E-state index in [1.165, 1.54) is 0 Å². The van der Waals surface area contributed by atoms with Gasteiger partial charge in [0.25, 0.3) is 0 Å².